The average molecular weight is 647 g/mol. The molecule has 0 saturated carbocycles. The molecule has 1 aliphatic carbocycles. The Morgan fingerprint density at radius 3 is 2.46 bits per heavy atom. The van der Waals surface area contributed by atoms with Crippen LogP contribution in [-0.4, -0.2) is 47.9 Å². The number of nitrogens with one attached hydrogen (secondary N) is 1. The number of esters is 2. The molecule has 6 rings (SSSR count). The number of methoxy groups -OCH3 is 1. The number of aliphatic hydroxyl groups excluding tert-OH is 1. The van der Waals surface area contributed by atoms with Gasteiger partial charge in [0.05, 0.1) is 41.3 Å². The van der Waals surface area contributed by atoms with Crippen molar-refractivity contribution in [2.75, 3.05) is 13.7 Å². The molecule has 1 fully saturated rings. The lowest BCUT2D eigenvalue weighted by Gasteiger charge is -2.20. The number of hydrogen-bond acceptors (Lipinski definition) is 9. The number of rotatable bonds is 8. The first kappa shape index (κ1) is 32.9. The Balaban J connectivity index is 1.59. The van der Waals surface area contributed by atoms with Crippen molar-refractivity contribution < 1.29 is 24.2 Å². The van der Waals surface area contributed by atoms with Gasteiger partial charge in [-0.2, -0.15) is 0 Å². The minimum atomic E-state index is -1.07. The van der Waals surface area contributed by atoms with Crippen LogP contribution in [0.5, 0.6) is 0 Å². The van der Waals surface area contributed by atoms with Gasteiger partial charge in [-0.3, -0.25) is 9.59 Å². The molecule has 9 nitrogen and oxygen atoms in total. The topological polar surface area (TPSA) is 122 Å². The van der Waals surface area contributed by atoms with E-state index in [2.05, 4.69) is 32.7 Å². The molecule has 2 N–H and O–H groups in total. The van der Waals surface area contributed by atoms with Gasteiger partial charge < -0.3 is 19.9 Å². The summed E-state index contributed by atoms with van der Waals surface area (Å²) in [5, 5.41) is 15.3. The molecule has 6 aliphatic rings. The minimum Gasteiger partial charge on any atom is -0.510 e. The Kier molecular flexibility index (Phi) is 8.81. The molecule has 0 aromatic rings. The number of aliphatic imine (C=N–C) groups is 3. The van der Waals surface area contributed by atoms with Crippen molar-refractivity contribution in [3.8, 4) is 0 Å². The highest BCUT2D eigenvalue weighted by Gasteiger charge is 2.49. The largest absolute Gasteiger partial charge is 0.510 e. The molecule has 248 valence electrons. The van der Waals surface area contributed by atoms with Crippen molar-refractivity contribution in [2.24, 2.45) is 32.7 Å². The van der Waals surface area contributed by atoms with Gasteiger partial charge in [-0.1, -0.05) is 38.7 Å². The van der Waals surface area contributed by atoms with Crippen LogP contribution in [0.1, 0.15) is 60.8 Å². The van der Waals surface area contributed by atoms with Crippen molar-refractivity contribution in [3.05, 3.63) is 116 Å². The summed E-state index contributed by atoms with van der Waals surface area (Å²) in [5.74, 6) is -2.37. The van der Waals surface area contributed by atoms with Gasteiger partial charge in [-0.15, -0.1) is 0 Å². The Bertz CT molecular complexity index is 1930. The van der Waals surface area contributed by atoms with Crippen LogP contribution in [0, 0.1) is 17.8 Å². The van der Waals surface area contributed by atoms with Crippen LogP contribution in [-0.2, 0) is 19.1 Å². The number of carbonyl (C=O) groups excluding carboxylic acids is 2. The van der Waals surface area contributed by atoms with Crippen LogP contribution in [0.4, 0.5) is 0 Å². The standard InChI is InChI=1S/C39H42N4O5/c1-9-12-15-48-32(44)14-13-25-21(6)28-16-26-19(4)23(10-2)30(40-26)17-27-20(5)24(11-3)31(41-27)18-29-22(7)33-37(43-29)34(36(25)42-28)35(38(33)45)39(46)47-8/h9-10,12,16-18,21,25,35,42,45H,2,11,13-15H2,1,3-8H3/b12-9-,28-16?,30-17?,31-18?,36-34?/t21?,25-,35?/m0/s1. The normalized spacial score (nSPS) is 24.6. The van der Waals surface area contributed by atoms with E-state index in [1.54, 1.807) is 6.08 Å². The van der Waals surface area contributed by atoms with Crippen LogP contribution in [0.3, 0.4) is 0 Å². The van der Waals surface area contributed by atoms with Crippen molar-refractivity contribution >= 4 is 29.1 Å². The fourth-order valence-electron chi connectivity index (χ4n) is 7.36. The summed E-state index contributed by atoms with van der Waals surface area (Å²) in [4.78, 5) is 41.4. The van der Waals surface area contributed by atoms with Crippen molar-refractivity contribution in [1.82, 2.24) is 5.32 Å². The fraction of sp³-hybridized carbons (Fsp3) is 0.359. The SMILES string of the molecule is C=CC1=C(C)C2=NC1=CC1=NC(=CC3=C(C)C4=C(O)C(C(=O)OC)C(=C5NC(=C2)C(C)[C@@H]5CCC(=O)OC/C=C\C)C4=N3)C(CC)=C1C. The minimum absolute atomic E-state index is 0.0910. The van der Waals surface area contributed by atoms with Gasteiger partial charge in [-0.05, 0) is 81.1 Å². The van der Waals surface area contributed by atoms with Gasteiger partial charge in [0.15, 0.2) is 0 Å². The molecule has 0 amide bonds. The summed E-state index contributed by atoms with van der Waals surface area (Å²) in [6.07, 6.45) is 12.9. The number of hydrogen-bond donors (Lipinski definition) is 2. The number of carbonyl (C=O) groups is 2. The van der Waals surface area contributed by atoms with Gasteiger partial charge in [-0.25, -0.2) is 15.0 Å². The molecule has 0 spiro atoms. The van der Waals surface area contributed by atoms with Crippen LogP contribution >= 0.6 is 0 Å². The summed E-state index contributed by atoms with van der Waals surface area (Å²) in [7, 11) is 1.32. The molecule has 1 saturated heterocycles. The van der Waals surface area contributed by atoms with E-state index in [0.717, 1.165) is 68.5 Å². The number of allylic oxidation sites excluding steroid dienone is 12. The maximum Gasteiger partial charge on any atom is 0.321 e. The van der Waals surface area contributed by atoms with E-state index in [1.165, 1.54) is 7.11 Å². The van der Waals surface area contributed by atoms with E-state index in [4.69, 9.17) is 24.5 Å². The summed E-state index contributed by atoms with van der Waals surface area (Å²) < 4.78 is 10.7. The first-order chi connectivity index (χ1) is 23.0. The third-order valence-electron chi connectivity index (χ3n) is 10.1. The summed E-state index contributed by atoms with van der Waals surface area (Å²) >= 11 is 0. The van der Waals surface area contributed by atoms with E-state index < -0.39 is 11.9 Å². The van der Waals surface area contributed by atoms with Gasteiger partial charge in [0.2, 0.25) is 0 Å². The lowest BCUT2D eigenvalue weighted by Crippen LogP contribution is -2.25. The van der Waals surface area contributed by atoms with E-state index in [1.807, 2.05) is 51.2 Å². The smallest absolute Gasteiger partial charge is 0.321 e. The van der Waals surface area contributed by atoms with E-state index >= 15 is 0 Å². The molecule has 5 heterocycles. The molecule has 48 heavy (non-hydrogen) atoms. The van der Waals surface area contributed by atoms with Gasteiger partial charge in [0.25, 0.3) is 0 Å². The van der Waals surface area contributed by atoms with Gasteiger partial charge in [0.1, 0.15) is 18.3 Å². The highest BCUT2D eigenvalue weighted by Crippen LogP contribution is 2.49. The lowest BCUT2D eigenvalue weighted by atomic mass is 9.84. The zero-order valence-electron chi connectivity index (χ0n) is 28.7. The molecular formula is C39H42N4O5. The number of aliphatic hydroxyl groups is 1. The second kappa shape index (κ2) is 12.9. The van der Waals surface area contributed by atoms with Crippen molar-refractivity contribution in [1.29, 1.82) is 0 Å². The summed E-state index contributed by atoms with van der Waals surface area (Å²) in [5.41, 5.74) is 12.0. The molecular weight excluding hydrogens is 604 g/mol. The molecule has 2 unspecified atom stereocenters. The second-order valence-corrected chi connectivity index (χ2v) is 12.7. The van der Waals surface area contributed by atoms with Gasteiger partial charge in [0, 0.05) is 46.4 Å². The third kappa shape index (κ3) is 5.31. The fourth-order valence-corrected chi connectivity index (χ4v) is 7.36. The second-order valence-electron chi connectivity index (χ2n) is 12.7. The molecule has 3 atom stereocenters. The maximum atomic E-state index is 13.4. The number of fused-ring (bicyclic) bond motifs is 5. The first-order valence-corrected chi connectivity index (χ1v) is 16.5. The van der Waals surface area contributed by atoms with Crippen LogP contribution in [0.25, 0.3) is 0 Å². The van der Waals surface area contributed by atoms with E-state index in [-0.39, 0.29) is 36.6 Å². The predicted octanol–water partition coefficient (Wildman–Crippen LogP) is 7.14. The molecule has 9 heteroatoms. The average Bonchev–Trinajstić information content (AvgIpc) is 3.80. The van der Waals surface area contributed by atoms with Crippen LogP contribution < -0.4 is 5.32 Å². The Morgan fingerprint density at radius 2 is 1.77 bits per heavy atom. The van der Waals surface area contributed by atoms with Crippen LogP contribution in [0.2, 0.25) is 0 Å². The maximum absolute atomic E-state index is 13.4. The van der Waals surface area contributed by atoms with E-state index in [9.17, 15) is 14.7 Å². The number of ether oxygens (including phenoxy) is 2. The first-order valence-electron chi connectivity index (χ1n) is 16.5. The highest BCUT2D eigenvalue weighted by molar-refractivity contribution is 6.24. The zero-order valence-corrected chi connectivity index (χ0v) is 28.7. The molecule has 0 aromatic carbocycles. The van der Waals surface area contributed by atoms with Crippen molar-refractivity contribution in [2.45, 2.75) is 60.8 Å². The van der Waals surface area contributed by atoms with Crippen molar-refractivity contribution in [3.63, 3.8) is 0 Å². The quantitative estimate of drug-likeness (QED) is 0.214. The zero-order chi connectivity index (χ0) is 34.4. The third-order valence-corrected chi connectivity index (χ3v) is 10.1. The Morgan fingerprint density at radius 1 is 1.04 bits per heavy atom. The van der Waals surface area contributed by atoms with E-state index in [0.29, 0.717) is 29.0 Å². The Hall–Kier alpha value is -5.05. The van der Waals surface area contributed by atoms with Crippen LogP contribution in [0.15, 0.2) is 131 Å². The molecule has 5 aliphatic heterocycles. The lowest BCUT2D eigenvalue weighted by molar-refractivity contribution is -0.144. The van der Waals surface area contributed by atoms with Gasteiger partial charge >= 0.3 is 11.9 Å². The number of nitrogens with zero attached hydrogens (tertiary/aromatic N) is 3. The summed E-state index contributed by atoms with van der Waals surface area (Å²) in [6.45, 7) is 16.4. The Labute approximate surface area is 281 Å². The molecule has 8 bridgehead atoms. The summed E-state index contributed by atoms with van der Waals surface area (Å²) in [6, 6.07) is 0. The predicted molar refractivity (Wildman–Crippen MR) is 188 cm³/mol. The molecule has 0 aromatic heterocycles. The highest BCUT2D eigenvalue weighted by atomic mass is 16.5. The monoisotopic (exact) mass is 646 g/mol. The molecule has 0 radical (unpaired) electrons.